The van der Waals surface area contributed by atoms with Crippen molar-refractivity contribution in [2.24, 2.45) is 0 Å². The van der Waals surface area contributed by atoms with Gasteiger partial charge in [-0.1, -0.05) is 30.0 Å². The van der Waals surface area contributed by atoms with E-state index in [0.717, 1.165) is 16.7 Å². The Hall–Kier alpha value is -3.51. The number of carboxylic acids is 2. The van der Waals surface area contributed by atoms with Crippen LogP contribution in [-0.4, -0.2) is 48.2 Å². The average Bonchev–Trinajstić information content (AvgIpc) is 3.24. The number of amides is 1. The maximum absolute atomic E-state index is 12.7. The SMILES string of the molecule is Cc1ccc(-c2ccc(/C=C3/SC(=S)N(C(CC(=O)O)C(=O)O)C3=O)o2)c([N+](=O)[O-])c1. The second kappa shape index (κ2) is 8.70. The molecular weight excluding hydrogens is 448 g/mol. The van der Waals surface area contributed by atoms with E-state index in [2.05, 4.69) is 0 Å². The molecule has 0 bridgehead atoms. The molecule has 1 aromatic carbocycles. The fourth-order valence-corrected chi connectivity index (χ4v) is 4.25. The highest BCUT2D eigenvalue weighted by Crippen LogP contribution is 2.36. The first-order valence-corrected chi connectivity index (χ1v) is 9.88. The van der Waals surface area contributed by atoms with E-state index in [1.807, 2.05) is 0 Å². The van der Waals surface area contributed by atoms with Gasteiger partial charge < -0.3 is 14.6 Å². The zero-order valence-corrected chi connectivity index (χ0v) is 17.4. The molecule has 1 saturated heterocycles. The smallest absolute Gasteiger partial charge is 0.327 e. The van der Waals surface area contributed by atoms with Crippen LogP contribution in [-0.2, 0) is 14.4 Å². The van der Waals surface area contributed by atoms with E-state index in [1.54, 1.807) is 19.1 Å². The molecule has 2 N–H and O–H groups in total. The molecule has 2 aromatic rings. The van der Waals surface area contributed by atoms with Crippen LogP contribution in [0.5, 0.6) is 0 Å². The molecule has 12 heteroatoms. The molecule has 1 amide bonds. The van der Waals surface area contributed by atoms with Crippen LogP contribution in [0.1, 0.15) is 17.7 Å². The minimum Gasteiger partial charge on any atom is -0.481 e. The summed E-state index contributed by atoms with van der Waals surface area (Å²) in [4.78, 5) is 46.7. The number of thiocarbonyl (C=S) groups is 1. The minimum atomic E-state index is -1.64. The topological polar surface area (TPSA) is 151 Å². The van der Waals surface area contributed by atoms with Crippen molar-refractivity contribution in [2.45, 2.75) is 19.4 Å². The predicted octanol–water partition coefficient (Wildman–Crippen LogP) is 3.29. The first-order chi connectivity index (χ1) is 14.6. The largest absolute Gasteiger partial charge is 0.481 e. The number of rotatable bonds is 7. The molecule has 0 radical (unpaired) electrons. The number of carbonyl (C=O) groups excluding carboxylic acids is 1. The van der Waals surface area contributed by atoms with Crippen LogP contribution >= 0.6 is 24.0 Å². The Bertz CT molecular complexity index is 1150. The molecule has 3 rings (SSSR count). The molecule has 0 spiro atoms. The van der Waals surface area contributed by atoms with Gasteiger partial charge in [-0.05, 0) is 30.7 Å². The third-order valence-electron chi connectivity index (χ3n) is 4.30. The lowest BCUT2D eigenvalue weighted by atomic mass is 10.1. The Morgan fingerprint density at radius 1 is 1.32 bits per heavy atom. The average molecular weight is 462 g/mol. The summed E-state index contributed by atoms with van der Waals surface area (Å²) in [5, 5.41) is 29.6. The first kappa shape index (κ1) is 22.2. The number of nitro benzene ring substituents is 1. The first-order valence-electron chi connectivity index (χ1n) is 8.65. The minimum absolute atomic E-state index is 0.0425. The number of hydrogen-bond acceptors (Lipinski definition) is 8. The predicted molar refractivity (Wildman–Crippen MR) is 114 cm³/mol. The quantitative estimate of drug-likeness (QED) is 0.271. The van der Waals surface area contributed by atoms with Gasteiger partial charge in [0.05, 0.1) is 21.8 Å². The van der Waals surface area contributed by atoms with Crippen molar-refractivity contribution in [3.05, 3.63) is 56.7 Å². The van der Waals surface area contributed by atoms with Crippen molar-refractivity contribution in [1.29, 1.82) is 0 Å². The summed E-state index contributed by atoms with van der Waals surface area (Å²) in [6, 6.07) is 6.03. The maximum Gasteiger partial charge on any atom is 0.327 e. The number of aryl methyl sites for hydroxylation is 1. The van der Waals surface area contributed by atoms with Crippen LogP contribution in [0.4, 0.5) is 5.69 Å². The third kappa shape index (κ3) is 4.64. The van der Waals surface area contributed by atoms with E-state index in [0.29, 0.717) is 5.56 Å². The van der Waals surface area contributed by atoms with Gasteiger partial charge in [-0.3, -0.25) is 24.6 Å². The molecule has 1 atom stereocenters. The summed E-state index contributed by atoms with van der Waals surface area (Å²) in [6.07, 6.45) is 0.513. The number of nitro groups is 1. The molecule has 1 aliphatic heterocycles. The lowest BCUT2D eigenvalue weighted by Gasteiger charge is -2.21. The number of benzene rings is 1. The van der Waals surface area contributed by atoms with Gasteiger partial charge in [-0.2, -0.15) is 0 Å². The number of carbonyl (C=O) groups is 3. The molecule has 1 fully saturated rings. The Labute approximate surface area is 184 Å². The van der Waals surface area contributed by atoms with Crippen molar-refractivity contribution in [3.63, 3.8) is 0 Å². The third-order valence-corrected chi connectivity index (χ3v) is 5.63. The van der Waals surface area contributed by atoms with Crippen molar-refractivity contribution in [2.75, 3.05) is 0 Å². The van der Waals surface area contributed by atoms with Gasteiger partial charge in [0.25, 0.3) is 11.6 Å². The monoisotopic (exact) mass is 462 g/mol. The molecule has 1 aromatic heterocycles. The summed E-state index contributed by atoms with van der Waals surface area (Å²) < 4.78 is 5.54. The molecule has 10 nitrogen and oxygen atoms in total. The lowest BCUT2D eigenvalue weighted by Crippen LogP contribution is -2.45. The summed E-state index contributed by atoms with van der Waals surface area (Å²) in [5.74, 6) is -3.24. The molecule has 1 unspecified atom stereocenters. The maximum atomic E-state index is 12.7. The molecule has 160 valence electrons. The zero-order valence-electron chi connectivity index (χ0n) is 15.8. The second-order valence-corrected chi connectivity index (χ2v) is 8.16. The molecule has 0 saturated carbocycles. The molecule has 31 heavy (non-hydrogen) atoms. The van der Waals surface area contributed by atoms with Crippen LogP contribution < -0.4 is 0 Å². The highest BCUT2D eigenvalue weighted by molar-refractivity contribution is 8.26. The summed E-state index contributed by atoms with van der Waals surface area (Å²) in [7, 11) is 0. The van der Waals surface area contributed by atoms with E-state index in [9.17, 15) is 29.6 Å². The van der Waals surface area contributed by atoms with Crippen molar-refractivity contribution in [3.8, 4) is 11.3 Å². The van der Waals surface area contributed by atoms with Gasteiger partial charge in [0.2, 0.25) is 0 Å². The standard InChI is InChI=1S/C19H14N2O8S2/c1-9-2-4-11(12(6-9)21(27)28)14-5-3-10(29-14)7-15-17(24)20(19(30)31-15)13(18(25)26)8-16(22)23/h2-7,13H,8H2,1H3,(H,22,23)(H,25,26)/b15-7+. The number of hydrogen-bond donors (Lipinski definition) is 2. The molecular formula is C19H14N2O8S2. The Morgan fingerprint density at radius 2 is 2.03 bits per heavy atom. The lowest BCUT2D eigenvalue weighted by molar-refractivity contribution is -0.384. The summed E-state index contributed by atoms with van der Waals surface area (Å²) >= 11 is 5.87. The number of nitrogens with zero attached hydrogens (tertiary/aromatic N) is 2. The van der Waals surface area contributed by atoms with E-state index >= 15 is 0 Å². The van der Waals surface area contributed by atoms with Gasteiger partial charge in [-0.25, -0.2) is 4.79 Å². The molecule has 2 heterocycles. The van der Waals surface area contributed by atoms with Crippen LogP contribution in [0.25, 0.3) is 17.4 Å². The second-order valence-electron chi connectivity index (χ2n) is 6.48. The zero-order chi connectivity index (χ0) is 22.9. The van der Waals surface area contributed by atoms with Gasteiger partial charge in [0.15, 0.2) is 0 Å². The Kier molecular flexibility index (Phi) is 6.22. The Balaban J connectivity index is 1.91. The van der Waals surface area contributed by atoms with E-state index < -0.39 is 35.2 Å². The normalized spacial score (nSPS) is 16.0. The fourth-order valence-electron chi connectivity index (χ4n) is 2.91. The molecule has 1 aliphatic rings. The number of furan rings is 1. The summed E-state index contributed by atoms with van der Waals surface area (Å²) in [5.41, 5.74) is 0.834. The van der Waals surface area contributed by atoms with E-state index in [4.69, 9.17) is 21.7 Å². The highest BCUT2D eigenvalue weighted by Gasteiger charge is 2.41. The number of aliphatic carboxylic acids is 2. The van der Waals surface area contributed by atoms with Crippen molar-refractivity contribution >= 4 is 57.9 Å². The van der Waals surface area contributed by atoms with Crippen LogP contribution in [0.15, 0.2) is 39.7 Å². The number of thioether (sulfide) groups is 1. The van der Waals surface area contributed by atoms with E-state index in [1.165, 1.54) is 24.3 Å². The fraction of sp³-hybridized carbons (Fsp3) is 0.158. The Morgan fingerprint density at radius 3 is 2.65 bits per heavy atom. The van der Waals surface area contributed by atoms with Gasteiger partial charge in [0, 0.05) is 12.1 Å². The number of carboxylic acid groups (broad SMARTS) is 2. The van der Waals surface area contributed by atoms with Crippen LogP contribution in [0.2, 0.25) is 0 Å². The van der Waals surface area contributed by atoms with Crippen molar-refractivity contribution in [1.82, 2.24) is 4.90 Å². The van der Waals surface area contributed by atoms with Crippen LogP contribution in [0.3, 0.4) is 0 Å². The van der Waals surface area contributed by atoms with E-state index in [-0.39, 0.29) is 32.0 Å². The van der Waals surface area contributed by atoms with Gasteiger partial charge >= 0.3 is 11.9 Å². The van der Waals surface area contributed by atoms with Gasteiger partial charge in [-0.15, -0.1) is 0 Å². The van der Waals surface area contributed by atoms with Crippen LogP contribution in [0, 0.1) is 17.0 Å². The van der Waals surface area contributed by atoms with Crippen molar-refractivity contribution < 1.29 is 33.9 Å². The molecule has 0 aliphatic carbocycles. The highest BCUT2D eigenvalue weighted by atomic mass is 32.2. The summed E-state index contributed by atoms with van der Waals surface area (Å²) in [6.45, 7) is 1.72. The van der Waals surface area contributed by atoms with Gasteiger partial charge in [0.1, 0.15) is 21.9 Å².